The van der Waals surface area contributed by atoms with Crippen LogP contribution in [-0.2, 0) is 0 Å². The van der Waals surface area contributed by atoms with Crippen molar-refractivity contribution in [1.29, 1.82) is 0 Å². The van der Waals surface area contributed by atoms with Crippen LogP contribution in [0.3, 0.4) is 0 Å². The Hall–Kier alpha value is -7.40. The minimum Gasteiger partial charge on any atom is -0.456 e. The fourth-order valence-corrected chi connectivity index (χ4v) is 10.3. The first-order chi connectivity index (χ1) is 28.8. The fraction of sp³-hybridized carbons (Fsp3) is 0. The summed E-state index contributed by atoms with van der Waals surface area (Å²) >= 11 is 1.88. The van der Waals surface area contributed by atoms with Crippen molar-refractivity contribution in [3.05, 3.63) is 206 Å². The summed E-state index contributed by atoms with van der Waals surface area (Å²) in [5.74, 6) is 0. The number of hydrogen-bond donors (Lipinski definition) is 0. The van der Waals surface area contributed by atoms with E-state index < -0.39 is 0 Å². The van der Waals surface area contributed by atoms with Gasteiger partial charge >= 0.3 is 0 Å². The van der Waals surface area contributed by atoms with Crippen molar-refractivity contribution in [1.82, 2.24) is 4.57 Å². The molecule has 3 nitrogen and oxygen atoms in total. The molecule has 0 atom stereocenters. The van der Waals surface area contributed by atoms with Crippen molar-refractivity contribution in [2.24, 2.45) is 0 Å². The Kier molecular flexibility index (Phi) is 7.40. The highest BCUT2D eigenvalue weighted by Crippen LogP contribution is 2.46. The van der Waals surface area contributed by atoms with Gasteiger partial charge in [-0.05, 0) is 72.3 Å². The quantitative estimate of drug-likeness (QED) is 0.168. The third-order valence-electron chi connectivity index (χ3n) is 11.6. The number of fused-ring (bicyclic) bond motifs is 9. The minimum atomic E-state index is 0.893. The SMILES string of the molecule is c1ccc(N(c2ccc3c4ccccc4n(-c4ccccc4-c4cccc5c4sc4ccccc45)c3c2)c2ccccc2-c2ccc3oc4ccccc4c3c2)cc1. The van der Waals surface area contributed by atoms with E-state index in [-0.39, 0.29) is 0 Å². The largest absolute Gasteiger partial charge is 0.456 e. The molecule has 3 heterocycles. The van der Waals surface area contributed by atoms with Crippen molar-refractivity contribution in [3.63, 3.8) is 0 Å². The van der Waals surface area contributed by atoms with Crippen LogP contribution < -0.4 is 4.90 Å². The van der Waals surface area contributed by atoms with Crippen LogP contribution in [0.25, 0.3) is 91.9 Å². The van der Waals surface area contributed by atoms with Crippen LogP contribution in [0, 0.1) is 0 Å². The molecule has 0 fully saturated rings. The molecule has 0 radical (unpaired) electrons. The van der Waals surface area contributed by atoms with Crippen molar-refractivity contribution in [3.8, 4) is 27.9 Å². The van der Waals surface area contributed by atoms with Gasteiger partial charge in [-0.1, -0.05) is 140 Å². The Bertz CT molecular complexity index is 3540. The third kappa shape index (κ3) is 5.05. The van der Waals surface area contributed by atoms with E-state index >= 15 is 0 Å². The van der Waals surface area contributed by atoms with Crippen LogP contribution in [0.5, 0.6) is 0 Å². The Labute approximate surface area is 338 Å². The summed E-state index contributed by atoms with van der Waals surface area (Å²) in [7, 11) is 0. The van der Waals surface area contributed by atoms with Crippen molar-refractivity contribution < 1.29 is 4.42 Å². The highest BCUT2D eigenvalue weighted by atomic mass is 32.1. The summed E-state index contributed by atoms with van der Waals surface area (Å²) in [6.45, 7) is 0. The molecule has 58 heavy (non-hydrogen) atoms. The highest BCUT2D eigenvalue weighted by Gasteiger charge is 2.22. The molecule has 0 aliphatic carbocycles. The van der Waals surface area contributed by atoms with Gasteiger partial charge in [-0.15, -0.1) is 11.3 Å². The number of anilines is 3. The Balaban J connectivity index is 1.09. The molecule has 0 spiro atoms. The van der Waals surface area contributed by atoms with E-state index in [1.165, 1.54) is 47.6 Å². The summed E-state index contributed by atoms with van der Waals surface area (Å²) < 4.78 is 11.3. The fourth-order valence-electron chi connectivity index (χ4n) is 9.02. The predicted octanol–water partition coefficient (Wildman–Crippen LogP) is 15.9. The van der Waals surface area contributed by atoms with Crippen molar-refractivity contribution in [2.75, 3.05) is 4.90 Å². The lowest BCUT2D eigenvalue weighted by atomic mass is 9.99. The zero-order valence-corrected chi connectivity index (χ0v) is 32.2. The van der Waals surface area contributed by atoms with Crippen LogP contribution in [0.4, 0.5) is 17.1 Å². The maximum Gasteiger partial charge on any atom is 0.135 e. The van der Waals surface area contributed by atoms with E-state index in [1.54, 1.807) is 0 Å². The topological polar surface area (TPSA) is 21.3 Å². The molecule has 0 bridgehead atoms. The molecular weight excluding hydrogens is 725 g/mol. The number of aromatic nitrogens is 1. The highest BCUT2D eigenvalue weighted by molar-refractivity contribution is 7.26. The number of benzene rings is 9. The van der Waals surface area contributed by atoms with E-state index in [2.05, 4.69) is 204 Å². The number of rotatable bonds is 6. The number of para-hydroxylation sites is 5. The molecule has 4 heteroatoms. The molecule has 9 aromatic carbocycles. The van der Waals surface area contributed by atoms with Gasteiger partial charge in [-0.3, -0.25) is 0 Å². The maximum atomic E-state index is 6.23. The first-order valence-corrected chi connectivity index (χ1v) is 20.5. The first-order valence-electron chi connectivity index (χ1n) is 19.7. The molecule has 12 rings (SSSR count). The zero-order valence-electron chi connectivity index (χ0n) is 31.3. The Morgan fingerprint density at radius 2 is 1.07 bits per heavy atom. The maximum absolute atomic E-state index is 6.23. The first kappa shape index (κ1) is 32.8. The van der Waals surface area contributed by atoms with Gasteiger partial charge in [-0.25, -0.2) is 0 Å². The molecule has 272 valence electrons. The summed E-state index contributed by atoms with van der Waals surface area (Å²) in [5, 5.41) is 7.29. The van der Waals surface area contributed by atoms with Gasteiger partial charge in [0, 0.05) is 69.8 Å². The second-order valence-corrected chi connectivity index (χ2v) is 15.9. The second-order valence-electron chi connectivity index (χ2n) is 14.8. The number of nitrogens with zero attached hydrogens (tertiary/aromatic N) is 2. The summed E-state index contributed by atoms with van der Waals surface area (Å²) in [5.41, 5.74) is 13.3. The van der Waals surface area contributed by atoms with Crippen LogP contribution in [-0.4, -0.2) is 4.57 Å². The second kappa shape index (κ2) is 13.1. The zero-order chi connectivity index (χ0) is 38.2. The van der Waals surface area contributed by atoms with Crippen LogP contribution in [0.1, 0.15) is 0 Å². The summed E-state index contributed by atoms with van der Waals surface area (Å²) in [6, 6.07) is 74.5. The molecule has 0 saturated carbocycles. The van der Waals surface area contributed by atoms with E-state index in [0.29, 0.717) is 0 Å². The molecule has 0 aliphatic rings. The van der Waals surface area contributed by atoms with Gasteiger partial charge in [0.2, 0.25) is 0 Å². The molecule has 0 saturated heterocycles. The molecule has 12 aromatic rings. The van der Waals surface area contributed by atoms with E-state index in [0.717, 1.165) is 61.3 Å². The Morgan fingerprint density at radius 3 is 1.98 bits per heavy atom. The molecule has 0 aliphatic heterocycles. The molecular formula is C54H34N2OS. The monoisotopic (exact) mass is 758 g/mol. The average molecular weight is 759 g/mol. The van der Waals surface area contributed by atoms with Crippen molar-refractivity contribution >= 4 is 92.3 Å². The normalized spacial score (nSPS) is 11.8. The van der Waals surface area contributed by atoms with Crippen LogP contribution in [0.2, 0.25) is 0 Å². The van der Waals surface area contributed by atoms with Gasteiger partial charge < -0.3 is 13.9 Å². The van der Waals surface area contributed by atoms with E-state index in [4.69, 9.17) is 4.42 Å². The molecule has 0 unspecified atom stereocenters. The van der Waals surface area contributed by atoms with Gasteiger partial charge in [0.25, 0.3) is 0 Å². The number of thiophene rings is 1. The smallest absolute Gasteiger partial charge is 0.135 e. The minimum absolute atomic E-state index is 0.893. The molecule has 0 amide bonds. The van der Waals surface area contributed by atoms with Gasteiger partial charge in [0.1, 0.15) is 11.2 Å². The van der Waals surface area contributed by atoms with E-state index in [1.807, 2.05) is 23.5 Å². The predicted molar refractivity (Wildman–Crippen MR) is 247 cm³/mol. The summed E-state index contributed by atoms with van der Waals surface area (Å²) in [4.78, 5) is 2.40. The van der Waals surface area contributed by atoms with Gasteiger partial charge in [0.05, 0.1) is 22.4 Å². The molecule has 0 N–H and O–H groups in total. The number of hydrogen-bond acceptors (Lipinski definition) is 3. The van der Waals surface area contributed by atoms with Crippen LogP contribution in [0.15, 0.2) is 211 Å². The van der Waals surface area contributed by atoms with Gasteiger partial charge in [-0.2, -0.15) is 0 Å². The van der Waals surface area contributed by atoms with Crippen LogP contribution >= 0.6 is 11.3 Å². The van der Waals surface area contributed by atoms with Crippen molar-refractivity contribution in [2.45, 2.75) is 0 Å². The lowest BCUT2D eigenvalue weighted by Gasteiger charge is -2.28. The Morgan fingerprint density at radius 1 is 0.397 bits per heavy atom. The van der Waals surface area contributed by atoms with Gasteiger partial charge in [0.15, 0.2) is 0 Å². The third-order valence-corrected chi connectivity index (χ3v) is 12.8. The number of furan rings is 1. The van der Waals surface area contributed by atoms with E-state index in [9.17, 15) is 0 Å². The molecule has 3 aromatic heterocycles. The summed E-state index contributed by atoms with van der Waals surface area (Å²) in [6.07, 6.45) is 0. The lowest BCUT2D eigenvalue weighted by Crippen LogP contribution is -2.11. The lowest BCUT2D eigenvalue weighted by molar-refractivity contribution is 0.669. The average Bonchev–Trinajstić information content (AvgIpc) is 3.96. The standard InChI is InChI=1S/C54H34N2OS/c1-2-15-36(16-3-1)55(47-24-9-4-17-38(47)35-29-32-52-46(33-35)42-20-7-12-27-51(42)57-52)37-30-31-41-39-18-5-10-25-48(39)56(50(41)34-37)49-26-11-6-19-40(49)44-22-14-23-45-43-21-8-13-28-53(43)58-54(44)45/h1-34H.